The molecule has 35 heavy (non-hydrogen) atoms. The van der Waals surface area contributed by atoms with Crippen molar-refractivity contribution in [3.05, 3.63) is 74.5 Å². The Hall–Kier alpha value is -2.91. The molecule has 3 heterocycles. The number of thioether (sulfide) groups is 1. The number of fused-ring (bicyclic) bond motifs is 9. The molecule has 2 aliphatic carbocycles. The van der Waals surface area contributed by atoms with Gasteiger partial charge in [-0.05, 0) is 54.5 Å². The highest BCUT2D eigenvalue weighted by Crippen LogP contribution is 2.69. The van der Waals surface area contributed by atoms with Gasteiger partial charge in [-0.15, -0.1) is 11.8 Å². The van der Waals surface area contributed by atoms with E-state index in [-0.39, 0.29) is 51.5 Å². The van der Waals surface area contributed by atoms with Gasteiger partial charge in [0.05, 0.1) is 29.7 Å². The SMILES string of the molecule is COc1ccccc1[C@H]1c2sc(=O)[nH]c2S[C@H]2[C@@H]3C[C@@H]([C@H]4C(=O)N(c5ccc(F)cc5)C(=O)[C@H]34)[C@@H]12. The van der Waals surface area contributed by atoms with Gasteiger partial charge in [0.15, 0.2) is 0 Å². The molecule has 0 unspecified atom stereocenters. The Bertz CT molecular complexity index is 1430. The Morgan fingerprint density at radius 3 is 2.46 bits per heavy atom. The number of halogens is 1. The van der Waals surface area contributed by atoms with E-state index in [1.807, 2.05) is 24.3 Å². The first-order valence-electron chi connectivity index (χ1n) is 11.6. The largest absolute Gasteiger partial charge is 0.496 e. The third-order valence-electron chi connectivity index (χ3n) is 8.28. The van der Waals surface area contributed by atoms with E-state index in [4.69, 9.17) is 4.74 Å². The predicted molar refractivity (Wildman–Crippen MR) is 130 cm³/mol. The molecule has 4 aliphatic rings. The smallest absolute Gasteiger partial charge is 0.305 e. The standard InChI is InChI=1S/C26H21FN2O4S2/c1-33-16-5-3-2-4-13(16)17-18-14-10-15(21(18)34-23-22(17)35-26(32)28-23)20-19(14)24(30)29(25(20)31)12-8-6-11(27)7-9-12/h2-9,14-15,17-21H,10H2,1H3,(H,28,32)/t14-,15-,17-,18+,19-,20-,21+/m1/s1. The molecule has 2 aliphatic heterocycles. The number of para-hydroxylation sites is 1. The summed E-state index contributed by atoms with van der Waals surface area (Å²) in [5.74, 6) is -0.718. The van der Waals surface area contributed by atoms with Crippen molar-refractivity contribution in [3.8, 4) is 5.75 Å². The Kier molecular flexibility index (Phi) is 4.61. The maximum absolute atomic E-state index is 13.7. The number of anilines is 1. The summed E-state index contributed by atoms with van der Waals surface area (Å²) in [7, 11) is 1.64. The van der Waals surface area contributed by atoms with Crippen molar-refractivity contribution in [2.75, 3.05) is 12.0 Å². The number of H-pyrrole nitrogens is 1. The van der Waals surface area contributed by atoms with Crippen LogP contribution in [0, 0.1) is 35.4 Å². The second-order valence-corrected chi connectivity index (χ2v) is 11.9. The third-order valence-corrected chi connectivity index (χ3v) is 10.9. The van der Waals surface area contributed by atoms with Crippen LogP contribution in [0.4, 0.5) is 10.1 Å². The molecule has 7 atom stereocenters. The molecule has 7 rings (SSSR count). The summed E-state index contributed by atoms with van der Waals surface area (Å²) in [5.41, 5.74) is 1.44. The van der Waals surface area contributed by atoms with Gasteiger partial charge in [0, 0.05) is 21.6 Å². The molecule has 3 aromatic rings. The number of carbonyl (C=O) groups is 2. The van der Waals surface area contributed by atoms with Crippen molar-refractivity contribution < 1.29 is 18.7 Å². The normalized spacial score (nSPS) is 32.5. The minimum Gasteiger partial charge on any atom is -0.496 e. The number of ether oxygens (including phenoxy) is 1. The average molecular weight is 509 g/mol. The maximum atomic E-state index is 13.7. The summed E-state index contributed by atoms with van der Waals surface area (Å²) >= 11 is 2.89. The molecular formula is C26H21FN2O4S2. The molecule has 1 aromatic heterocycles. The van der Waals surface area contributed by atoms with Gasteiger partial charge in [-0.2, -0.15) is 0 Å². The van der Waals surface area contributed by atoms with Gasteiger partial charge in [-0.1, -0.05) is 29.5 Å². The second-order valence-electron chi connectivity index (χ2n) is 9.69. The Balaban J connectivity index is 1.34. The number of hydrogen-bond donors (Lipinski definition) is 1. The molecule has 9 heteroatoms. The number of carbonyl (C=O) groups excluding carboxylic acids is 2. The summed E-state index contributed by atoms with van der Waals surface area (Å²) < 4.78 is 19.2. The maximum Gasteiger partial charge on any atom is 0.305 e. The number of hydrogen-bond acceptors (Lipinski definition) is 6. The van der Waals surface area contributed by atoms with Crippen LogP contribution in [0.1, 0.15) is 22.8 Å². The molecule has 1 N–H and O–H groups in total. The van der Waals surface area contributed by atoms with Gasteiger partial charge in [0.25, 0.3) is 0 Å². The molecule has 2 bridgehead atoms. The fourth-order valence-corrected chi connectivity index (χ4v) is 10.0. The summed E-state index contributed by atoms with van der Waals surface area (Å²) in [6.45, 7) is 0. The van der Waals surface area contributed by atoms with E-state index in [0.717, 1.165) is 27.6 Å². The van der Waals surface area contributed by atoms with Crippen LogP contribution in [0.5, 0.6) is 5.75 Å². The average Bonchev–Trinajstić information content (AvgIpc) is 3.59. The molecule has 1 saturated heterocycles. The van der Waals surface area contributed by atoms with Crippen LogP contribution in [0.3, 0.4) is 0 Å². The summed E-state index contributed by atoms with van der Waals surface area (Å²) in [4.78, 5) is 44.8. The summed E-state index contributed by atoms with van der Waals surface area (Å²) in [6.07, 6.45) is 0.817. The zero-order valence-electron chi connectivity index (χ0n) is 18.6. The second kappa shape index (κ2) is 7.54. The number of aromatic amines is 1. The number of rotatable bonds is 3. The minimum atomic E-state index is -0.407. The first-order valence-corrected chi connectivity index (χ1v) is 13.3. The van der Waals surface area contributed by atoms with E-state index in [2.05, 4.69) is 4.98 Å². The van der Waals surface area contributed by atoms with Crippen molar-refractivity contribution >= 4 is 40.6 Å². The first kappa shape index (κ1) is 21.4. The lowest BCUT2D eigenvalue weighted by atomic mass is 9.68. The highest BCUT2D eigenvalue weighted by Gasteiger charge is 2.69. The van der Waals surface area contributed by atoms with Crippen molar-refractivity contribution in [2.24, 2.45) is 29.6 Å². The lowest BCUT2D eigenvalue weighted by Crippen LogP contribution is -2.42. The summed E-state index contributed by atoms with van der Waals surface area (Å²) in [6, 6.07) is 13.4. The fourth-order valence-electron chi connectivity index (χ4n) is 7.13. The van der Waals surface area contributed by atoms with E-state index in [0.29, 0.717) is 5.69 Å². The van der Waals surface area contributed by atoms with Gasteiger partial charge in [-0.3, -0.25) is 19.3 Å². The number of benzene rings is 2. The molecule has 178 valence electrons. The number of amides is 2. The zero-order chi connectivity index (χ0) is 24.0. The van der Waals surface area contributed by atoms with Crippen LogP contribution >= 0.6 is 23.1 Å². The van der Waals surface area contributed by atoms with Crippen LogP contribution in [-0.2, 0) is 9.59 Å². The third kappa shape index (κ3) is 2.85. The first-order chi connectivity index (χ1) is 17.0. The minimum absolute atomic E-state index is 0.0182. The number of methoxy groups -OCH3 is 1. The Morgan fingerprint density at radius 2 is 1.71 bits per heavy atom. The monoisotopic (exact) mass is 508 g/mol. The van der Waals surface area contributed by atoms with Crippen molar-refractivity contribution in [3.63, 3.8) is 0 Å². The lowest BCUT2D eigenvalue weighted by molar-refractivity contribution is -0.123. The van der Waals surface area contributed by atoms with Crippen LogP contribution in [0.15, 0.2) is 58.4 Å². The lowest BCUT2D eigenvalue weighted by Gasteiger charge is -2.43. The van der Waals surface area contributed by atoms with Crippen LogP contribution in [0.2, 0.25) is 0 Å². The quantitative estimate of drug-likeness (QED) is 0.535. The van der Waals surface area contributed by atoms with Gasteiger partial charge < -0.3 is 9.72 Å². The van der Waals surface area contributed by atoms with Gasteiger partial charge in [0.1, 0.15) is 11.6 Å². The number of nitrogens with zero attached hydrogens (tertiary/aromatic N) is 1. The topological polar surface area (TPSA) is 79.5 Å². The number of imide groups is 1. The number of thiazole rings is 1. The van der Waals surface area contributed by atoms with E-state index >= 15 is 0 Å². The number of nitrogens with one attached hydrogen (secondary N) is 1. The van der Waals surface area contributed by atoms with Crippen molar-refractivity contribution in [1.29, 1.82) is 0 Å². The zero-order valence-corrected chi connectivity index (χ0v) is 20.3. The molecule has 3 fully saturated rings. The number of aromatic nitrogens is 1. The Labute approximate surface area is 208 Å². The van der Waals surface area contributed by atoms with Crippen molar-refractivity contribution in [2.45, 2.75) is 22.6 Å². The molecule has 2 amide bonds. The Morgan fingerprint density at radius 1 is 1.00 bits per heavy atom. The van der Waals surface area contributed by atoms with E-state index < -0.39 is 11.7 Å². The van der Waals surface area contributed by atoms with Gasteiger partial charge >= 0.3 is 4.87 Å². The highest BCUT2D eigenvalue weighted by molar-refractivity contribution is 8.00. The molecule has 0 spiro atoms. The van der Waals surface area contributed by atoms with E-state index in [9.17, 15) is 18.8 Å². The highest BCUT2D eigenvalue weighted by atomic mass is 32.2. The van der Waals surface area contributed by atoms with Crippen LogP contribution in [-0.4, -0.2) is 29.2 Å². The van der Waals surface area contributed by atoms with Crippen LogP contribution in [0.25, 0.3) is 0 Å². The van der Waals surface area contributed by atoms with E-state index in [1.54, 1.807) is 18.9 Å². The van der Waals surface area contributed by atoms with E-state index in [1.165, 1.54) is 40.5 Å². The van der Waals surface area contributed by atoms with Crippen molar-refractivity contribution in [1.82, 2.24) is 4.98 Å². The van der Waals surface area contributed by atoms with Gasteiger partial charge in [-0.25, -0.2) is 4.39 Å². The molecule has 2 aromatic carbocycles. The van der Waals surface area contributed by atoms with Crippen LogP contribution < -0.4 is 14.5 Å². The molecule has 2 saturated carbocycles. The summed E-state index contributed by atoms with van der Waals surface area (Å²) in [5, 5.41) is 0.979. The molecular weight excluding hydrogens is 487 g/mol. The predicted octanol–water partition coefficient (Wildman–Crippen LogP) is 4.26. The van der Waals surface area contributed by atoms with Gasteiger partial charge in [0.2, 0.25) is 11.8 Å². The molecule has 0 radical (unpaired) electrons. The molecule has 6 nitrogen and oxygen atoms in total. The fraction of sp³-hybridized carbons (Fsp3) is 0.346.